The maximum absolute atomic E-state index is 12.9. The zero-order valence-electron chi connectivity index (χ0n) is 14.1. The number of H-pyrrole nitrogens is 1. The Morgan fingerprint density at radius 1 is 1.12 bits per heavy atom. The van der Waals surface area contributed by atoms with Crippen LogP contribution in [-0.2, 0) is 0 Å². The van der Waals surface area contributed by atoms with Gasteiger partial charge in [-0.05, 0) is 30.0 Å². The van der Waals surface area contributed by atoms with Crippen LogP contribution in [0.3, 0.4) is 0 Å². The van der Waals surface area contributed by atoms with E-state index < -0.39 is 0 Å². The van der Waals surface area contributed by atoms with Crippen LogP contribution in [0.15, 0.2) is 48.0 Å². The highest BCUT2D eigenvalue weighted by atomic mass is 32.1. The third kappa shape index (κ3) is 3.05. The molecule has 1 N–H and O–H groups in total. The van der Waals surface area contributed by atoms with E-state index in [0.717, 1.165) is 36.8 Å². The molecule has 0 bridgehead atoms. The van der Waals surface area contributed by atoms with Crippen molar-refractivity contribution in [3.05, 3.63) is 59.1 Å². The third-order valence-electron chi connectivity index (χ3n) is 4.66. The molecule has 0 aliphatic carbocycles. The number of piperazine rings is 1. The van der Waals surface area contributed by atoms with Crippen LogP contribution in [0.1, 0.15) is 15.9 Å². The van der Waals surface area contributed by atoms with Gasteiger partial charge in [-0.25, -0.2) is 0 Å². The standard InChI is InChI=1S/C19H20N4OS/c1-14-5-2-3-6-16(14)22-8-10-23(11-9-22)19(24)15-13-20-21-18(15)17-7-4-12-25-17/h2-7,12-13H,8-11H2,1H3,(H,20,21). The van der Waals surface area contributed by atoms with Gasteiger partial charge in [0, 0.05) is 31.9 Å². The largest absolute Gasteiger partial charge is 0.368 e. The summed E-state index contributed by atoms with van der Waals surface area (Å²) in [5.74, 6) is 0.0570. The van der Waals surface area contributed by atoms with Crippen molar-refractivity contribution in [1.29, 1.82) is 0 Å². The summed E-state index contributed by atoms with van der Waals surface area (Å²) in [5.41, 5.74) is 4.02. The van der Waals surface area contributed by atoms with Gasteiger partial charge < -0.3 is 9.80 Å². The lowest BCUT2D eigenvalue weighted by Gasteiger charge is -2.36. The topological polar surface area (TPSA) is 52.2 Å². The molecule has 1 amide bonds. The molecule has 3 heterocycles. The maximum atomic E-state index is 12.9. The van der Waals surface area contributed by atoms with Crippen molar-refractivity contribution in [2.75, 3.05) is 31.1 Å². The predicted octanol–water partition coefficient (Wildman–Crippen LogP) is 3.41. The van der Waals surface area contributed by atoms with Crippen molar-refractivity contribution >= 4 is 22.9 Å². The fourth-order valence-electron chi connectivity index (χ4n) is 3.30. The number of carbonyl (C=O) groups is 1. The molecule has 5 nitrogen and oxygen atoms in total. The highest BCUT2D eigenvalue weighted by molar-refractivity contribution is 7.13. The van der Waals surface area contributed by atoms with Gasteiger partial charge in [0.05, 0.1) is 22.3 Å². The Kier molecular flexibility index (Phi) is 4.28. The summed E-state index contributed by atoms with van der Waals surface area (Å²) in [7, 11) is 0. The number of amides is 1. The summed E-state index contributed by atoms with van der Waals surface area (Å²) in [4.78, 5) is 18.3. The van der Waals surface area contributed by atoms with Gasteiger partial charge in [0.2, 0.25) is 0 Å². The summed E-state index contributed by atoms with van der Waals surface area (Å²) < 4.78 is 0. The normalized spacial score (nSPS) is 14.8. The van der Waals surface area contributed by atoms with E-state index in [1.807, 2.05) is 22.4 Å². The van der Waals surface area contributed by atoms with Gasteiger partial charge in [0.1, 0.15) is 0 Å². The molecule has 1 aliphatic rings. The van der Waals surface area contributed by atoms with E-state index in [9.17, 15) is 4.79 Å². The Balaban J connectivity index is 1.48. The van der Waals surface area contributed by atoms with Gasteiger partial charge in [0.25, 0.3) is 5.91 Å². The monoisotopic (exact) mass is 352 g/mol. The Morgan fingerprint density at radius 3 is 2.64 bits per heavy atom. The number of aromatic nitrogens is 2. The minimum Gasteiger partial charge on any atom is -0.368 e. The lowest BCUT2D eigenvalue weighted by Crippen LogP contribution is -2.49. The quantitative estimate of drug-likeness (QED) is 0.786. The number of thiophene rings is 1. The number of aromatic amines is 1. The molecule has 1 fully saturated rings. The van der Waals surface area contributed by atoms with Crippen LogP contribution < -0.4 is 4.90 Å². The van der Waals surface area contributed by atoms with Gasteiger partial charge in [-0.1, -0.05) is 24.3 Å². The molecule has 1 aromatic carbocycles. The second kappa shape index (κ2) is 6.72. The van der Waals surface area contributed by atoms with Crippen LogP contribution in [0.4, 0.5) is 5.69 Å². The molecule has 0 radical (unpaired) electrons. The van der Waals surface area contributed by atoms with Crippen LogP contribution in [0.2, 0.25) is 0 Å². The van der Waals surface area contributed by atoms with E-state index in [0.29, 0.717) is 5.56 Å². The molecule has 0 saturated carbocycles. The molecule has 1 aliphatic heterocycles. The molecule has 1 saturated heterocycles. The molecule has 2 aromatic heterocycles. The maximum Gasteiger partial charge on any atom is 0.257 e. The number of rotatable bonds is 3. The molecule has 3 aromatic rings. The van der Waals surface area contributed by atoms with E-state index in [2.05, 4.69) is 46.3 Å². The number of benzene rings is 1. The first-order valence-electron chi connectivity index (χ1n) is 8.41. The zero-order valence-corrected chi connectivity index (χ0v) is 14.9. The van der Waals surface area contributed by atoms with Crippen molar-refractivity contribution in [2.24, 2.45) is 0 Å². The van der Waals surface area contributed by atoms with Gasteiger partial charge in [-0.3, -0.25) is 9.89 Å². The van der Waals surface area contributed by atoms with Crippen molar-refractivity contribution in [3.8, 4) is 10.6 Å². The SMILES string of the molecule is Cc1ccccc1N1CCN(C(=O)c2cn[nH]c2-c2cccs2)CC1. The number of nitrogens with zero attached hydrogens (tertiary/aromatic N) is 3. The zero-order chi connectivity index (χ0) is 17.2. The number of aryl methyl sites for hydroxylation is 1. The fourth-order valence-corrected chi connectivity index (χ4v) is 4.03. The first-order valence-corrected chi connectivity index (χ1v) is 9.29. The fraction of sp³-hybridized carbons (Fsp3) is 0.263. The second-order valence-electron chi connectivity index (χ2n) is 6.20. The minimum atomic E-state index is 0.0570. The smallest absolute Gasteiger partial charge is 0.257 e. The molecular formula is C19H20N4OS. The predicted molar refractivity (Wildman–Crippen MR) is 101 cm³/mol. The molecule has 128 valence electrons. The van der Waals surface area contributed by atoms with Gasteiger partial charge in [-0.2, -0.15) is 5.10 Å². The molecule has 4 rings (SSSR count). The van der Waals surface area contributed by atoms with Gasteiger partial charge in [0.15, 0.2) is 0 Å². The number of para-hydroxylation sites is 1. The highest BCUT2D eigenvalue weighted by Gasteiger charge is 2.26. The van der Waals surface area contributed by atoms with Gasteiger partial charge >= 0.3 is 0 Å². The van der Waals surface area contributed by atoms with Crippen molar-refractivity contribution in [1.82, 2.24) is 15.1 Å². The van der Waals surface area contributed by atoms with Crippen LogP contribution >= 0.6 is 11.3 Å². The van der Waals surface area contributed by atoms with Crippen molar-refractivity contribution in [3.63, 3.8) is 0 Å². The Hall–Kier alpha value is -2.60. The van der Waals surface area contributed by atoms with Crippen LogP contribution in [-0.4, -0.2) is 47.2 Å². The Labute approximate surface area is 150 Å². The van der Waals surface area contributed by atoms with Gasteiger partial charge in [-0.15, -0.1) is 11.3 Å². The van der Waals surface area contributed by atoms with E-state index in [1.54, 1.807) is 17.5 Å². The summed E-state index contributed by atoms with van der Waals surface area (Å²) in [6.45, 7) is 5.28. The summed E-state index contributed by atoms with van der Waals surface area (Å²) in [6, 6.07) is 12.4. The number of nitrogens with one attached hydrogen (secondary N) is 1. The lowest BCUT2D eigenvalue weighted by atomic mass is 10.1. The van der Waals surface area contributed by atoms with E-state index in [4.69, 9.17) is 0 Å². The minimum absolute atomic E-state index is 0.0570. The first-order chi connectivity index (χ1) is 12.2. The molecule has 6 heteroatoms. The molecule has 25 heavy (non-hydrogen) atoms. The molecule has 0 unspecified atom stereocenters. The Morgan fingerprint density at radius 2 is 1.92 bits per heavy atom. The van der Waals surface area contributed by atoms with Crippen molar-refractivity contribution < 1.29 is 4.79 Å². The van der Waals surface area contributed by atoms with Crippen LogP contribution in [0, 0.1) is 6.92 Å². The average molecular weight is 352 g/mol. The summed E-state index contributed by atoms with van der Waals surface area (Å²) in [6.07, 6.45) is 1.64. The number of hydrogen-bond donors (Lipinski definition) is 1. The summed E-state index contributed by atoms with van der Waals surface area (Å²) in [5, 5.41) is 9.07. The molecule has 0 atom stereocenters. The highest BCUT2D eigenvalue weighted by Crippen LogP contribution is 2.27. The average Bonchev–Trinajstić information content (AvgIpc) is 3.33. The van der Waals surface area contributed by atoms with Crippen LogP contribution in [0.25, 0.3) is 10.6 Å². The Bertz CT molecular complexity index is 863. The van der Waals surface area contributed by atoms with E-state index >= 15 is 0 Å². The first kappa shape index (κ1) is 15.9. The molecular weight excluding hydrogens is 332 g/mol. The van der Waals surface area contributed by atoms with E-state index in [1.165, 1.54) is 11.3 Å². The van der Waals surface area contributed by atoms with E-state index in [-0.39, 0.29) is 5.91 Å². The number of hydrogen-bond acceptors (Lipinski definition) is 4. The summed E-state index contributed by atoms with van der Waals surface area (Å²) >= 11 is 1.61. The molecule has 0 spiro atoms. The van der Waals surface area contributed by atoms with Crippen LogP contribution in [0.5, 0.6) is 0 Å². The van der Waals surface area contributed by atoms with Crippen molar-refractivity contribution in [2.45, 2.75) is 6.92 Å². The lowest BCUT2D eigenvalue weighted by molar-refractivity contribution is 0.0747. The number of carbonyl (C=O) groups excluding carboxylic acids is 1. The third-order valence-corrected chi connectivity index (χ3v) is 5.55. The number of anilines is 1. The second-order valence-corrected chi connectivity index (χ2v) is 7.15.